The first kappa shape index (κ1) is 21.3. The number of phenols is 1. The monoisotopic (exact) mass is 466 g/mol. The number of carbonyl (C=O) groups is 1. The SMILES string of the molecule is O=C(NS(=O)(=O)C(F)(F)F)c1cc2cc(O)ccc2n1Cc1ccc(Cl)c(Cl)c1. The van der Waals surface area contributed by atoms with Gasteiger partial charge in [0.1, 0.15) is 11.4 Å². The quantitative estimate of drug-likeness (QED) is 0.600. The number of halogens is 5. The molecule has 0 fully saturated rings. The summed E-state index contributed by atoms with van der Waals surface area (Å²) < 4.78 is 62.8. The van der Waals surface area contributed by atoms with Gasteiger partial charge in [-0.15, -0.1) is 0 Å². The maximum absolute atomic E-state index is 12.6. The number of nitrogens with one attached hydrogen (secondary N) is 1. The van der Waals surface area contributed by atoms with Crippen LogP contribution in [-0.4, -0.2) is 29.5 Å². The summed E-state index contributed by atoms with van der Waals surface area (Å²) >= 11 is 11.8. The van der Waals surface area contributed by atoms with Crippen LogP contribution >= 0.6 is 23.2 Å². The van der Waals surface area contributed by atoms with E-state index in [9.17, 15) is 31.5 Å². The van der Waals surface area contributed by atoms with Crippen LogP contribution in [0.3, 0.4) is 0 Å². The second kappa shape index (κ2) is 7.43. The summed E-state index contributed by atoms with van der Waals surface area (Å²) in [5.41, 5.74) is -5.08. The standard InChI is InChI=1S/C17H11Cl2F3N2O4S/c18-12-3-1-9(5-13(12)19)8-24-14-4-2-11(25)6-10(14)7-15(24)16(26)23-29(27,28)17(20,21)22/h1-7,25H,8H2,(H,23,26). The second-order valence-electron chi connectivity index (χ2n) is 5.99. The number of benzene rings is 2. The van der Waals surface area contributed by atoms with Crippen LogP contribution in [0.15, 0.2) is 42.5 Å². The average molecular weight is 467 g/mol. The van der Waals surface area contributed by atoms with Crippen molar-refractivity contribution in [2.75, 3.05) is 0 Å². The number of nitrogens with zero attached hydrogens (tertiary/aromatic N) is 1. The molecule has 0 atom stereocenters. The molecule has 1 aromatic heterocycles. The van der Waals surface area contributed by atoms with Crippen LogP contribution in [-0.2, 0) is 16.6 Å². The van der Waals surface area contributed by atoms with Crippen molar-refractivity contribution in [3.8, 4) is 5.75 Å². The number of fused-ring (bicyclic) bond motifs is 1. The number of rotatable bonds is 4. The summed E-state index contributed by atoms with van der Waals surface area (Å²) in [4.78, 5) is 12.4. The maximum atomic E-state index is 12.6. The lowest BCUT2D eigenvalue weighted by Gasteiger charge is -2.13. The van der Waals surface area contributed by atoms with Crippen molar-refractivity contribution in [1.82, 2.24) is 9.29 Å². The molecule has 0 radical (unpaired) electrons. The zero-order chi connectivity index (χ0) is 21.6. The molecule has 3 rings (SSSR count). The third-order valence-corrected chi connectivity index (χ3v) is 5.78. The van der Waals surface area contributed by atoms with Crippen LogP contribution < -0.4 is 4.72 Å². The summed E-state index contributed by atoms with van der Waals surface area (Å²) in [7, 11) is -5.89. The van der Waals surface area contributed by atoms with Crippen molar-refractivity contribution < 1.29 is 31.5 Å². The van der Waals surface area contributed by atoms with Crippen molar-refractivity contribution >= 4 is 50.0 Å². The number of hydrogen-bond acceptors (Lipinski definition) is 4. The Kier molecular flexibility index (Phi) is 5.46. The van der Waals surface area contributed by atoms with Crippen LogP contribution in [0.1, 0.15) is 16.1 Å². The predicted octanol–water partition coefficient (Wildman–Crippen LogP) is 4.28. The van der Waals surface area contributed by atoms with E-state index in [0.717, 1.165) is 4.72 Å². The van der Waals surface area contributed by atoms with E-state index in [1.54, 1.807) is 6.07 Å². The first-order chi connectivity index (χ1) is 13.4. The molecular weight excluding hydrogens is 456 g/mol. The Bertz CT molecular complexity index is 1220. The van der Waals surface area contributed by atoms with E-state index in [1.807, 2.05) is 0 Å². The Morgan fingerprint density at radius 3 is 2.38 bits per heavy atom. The lowest BCUT2D eigenvalue weighted by atomic mass is 10.2. The molecule has 2 aromatic carbocycles. The van der Waals surface area contributed by atoms with Crippen LogP contribution in [0, 0.1) is 0 Å². The van der Waals surface area contributed by atoms with Gasteiger partial charge < -0.3 is 9.67 Å². The molecule has 154 valence electrons. The van der Waals surface area contributed by atoms with Gasteiger partial charge in [-0.3, -0.25) is 4.79 Å². The number of aromatic hydroxyl groups is 1. The maximum Gasteiger partial charge on any atom is 0.516 e. The van der Waals surface area contributed by atoms with Gasteiger partial charge in [-0.05, 0) is 42.0 Å². The van der Waals surface area contributed by atoms with Crippen LogP contribution in [0.25, 0.3) is 10.9 Å². The van der Waals surface area contributed by atoms with Crippen molar-refractivity contribution in [1.29, 1.82) is 0 Å². The fraction of sp³-hybridized carbons (Fsp3) is 0.118. The molecule has 0 bridgehead atoms. The largest absolute Gasteiger partial charge is 0.516 e. The Balaban J connectivity index is 2.10. The van der Waals surface area contributed by atoms with Crippen molar-refractivity contribution in [3.05, 3.63) is 63.8 Å². The van der Waals surface area contributed by atoms with E-state index in [0.29, 0.717) is 16.5 Å². The minimum atomic E-state index is -5.89. The molecule has 29 heavy (non-hydrogen) atoms. The fourth-order valence-corrected chi connectivity index (χ4v) is 3.45. The van der Waals surface area contributed by atoms with Crippen LogP contribution in [0.2, 0.25) is 10.0 Å². The summed E-state index contributed by atoms with van der Waals surface area (Å²) in [5, 5.41) is 10.5. The minimum absolute atomic E-state index is 0.0278. The van der Waals surface area contributed by atoms with E-state index in [4.69, 9.17) is 23.2 Å². The molecule has 12 heteroatoms. The number of aromatic nitrogens is 1. The molecule has 0 unspecified atom stereocenters. The highest BCUT2D eigenvalue weighted by atomic mass is 35.5. The number of hydrogen-bond donors (Lipinski definition) is 2. The lowest BCUT2D eigenvalue weighted by Crippen LogP contribution is -2.40. The van der Waals surface area contributed by atoms with Gasteiger partial charge in [-0.2, -0.15) is 21.6 Å². The molecule has 6 nitrogen and oxygen atoms in total. The smallest absolute Gasteiger partial charge is 0.508 e. The van der Waals surface area contributed by atoms with Crippen molar-refractivity contribution in [2.24, 2.45) is 0 Å². The fourth-order valence-electron chi connectivity index (χ4n) is 2.67. The van der Waals surface area contributed by atoms with E-state index >= 15 is 0 Å². The molecule has 0 spiro atoms. The highest BCUT2D eigenvalue weighted by molar-refractivity contribution is 7.90. The van der Waals surface area contributed by atoms with E-state index in [1.165, 1.54) is 41.0 Å². The first-order valence-electron chi connectivity index (χ1n) is 7.78. The van der Waals surface area contributed by atoms with Gasteiger partial charge in [-0.1, -0.05) is 29.3 Å². The number of sulfonamides is 1. The van der Waals surface area contributed by atoms with Gasteiger partial charge in [-0.25, -0.2) is 4.72 Å². The highest BCUT2D eigenvalue weighted by Crippen LogP contribution is 2.28. The Labute approximate surface area is 172 Å². The third-order valence-electron chi connectivity index (χ3n) is 3.97. The molecule has 1 heterocycles. The molecular formula is C17H11Cl2F3N2O4S. The Morgan fingerprint density at radius 1 is 1.07 bits per heavy atom. The van der Waals surface area contributed by atoms with E-state index in [-0.39, 0.29) is 28.0 Å². The molecule has 0 aliphatic rings. The number of phenolic OH excluding ortho intramolecular Hbond substituents is 1. The third kappa shape index (κ3) is 4.29. The first-order valence-corrected chi connectivity index (χ1v) is 10.0. The predicted molar refractivity (Wildman–Crippen MR) is 102 cm³/mol. The number of amides is 1. The Hall–Kier alpha value is -2.43. The molecule has 3 aromatic rings. The van der Waals surface area contributed by atoms with Gasteiger partial charge in [0.2, 0.25) is 0 Å². The minimum Gasteiger partial charge on any atom is -0.508 e. The van der Waals surface area contributed by atoms with Crippen molar-refractivity contribution in [2.45, 2.75) is 12.1 Å². The molecule has 1 amide bonds. The average Bonchev–Trinajstić information content (AvgIpc) is 2.94. The lowest BCUT2D eigenvalue weighted by molar-refractivity contribution is -0.0446. The van der Waals surface area contributed by atoms with Gasteiger partial charge in [0, 0.05) is 17.4 Å². The second-order valence-corrected chi connectivity index (χ2v) is 8.48. The van der Waals surface area contributed by atoms with E-state index < -0.39 is 21.4 Å². The zero-order valence-corrected chi connectivity index (χ0v) is 16.5. The summed E-state index contributed by atoms with van der Waals surface area (Å²) in [6.07, 6.45) is 0. The van der Waals surface area contributed by atoms with E-state index in [2.05, 4.69) is 0 Å². The summed E-state index contributed by atoms with van der Waals surface area (Å²) in [6.45, 7) is -0.0278. The number of alkyl halides is 3. The molecule has 0 aliphatic heterocycles. The topological polar surface area (TPSA) is 88.4 Å². The summed E-state index contributed by atoms with van der Waals surface area (Å²) in [5.74, 6) is -1.61. The molecule has 0 saturated heterocycles. The molecule has 0 aliphatic carbocycles. The highest BCUT2D eigenvalue weighted by Gasteiger charge is 2.47. The Morgan fingerprint density at radius 2 is 1.76 bits per heavy atom. The zero-order valence-electron chi connectivity index (χ0n) is 14.2. The summed E-state index contributed by atoms with van der Waals surface area (Å²) in [6, 6.07) is 9.83. The van der Waals surface area contributed by atoms with Gasteiger partial charge in [0.15, 0.2) is 0 Å². The molecule has 2 N–H and O–H groups in total. The van der Waals surface area contributed by atoms with Crippen LogP contribution in [0.4, 0.5) is 13.2 Å². The molecule has 0 saturated carbocycles. The van der Waals surface area contributed by atoms with Gasteiger partial charge in [0.25, 0.3) is 5.91 Å². The normalized spacial score (nSPS) is 12.3. The number of carbonyl (C=O) groups excluding carboxylic acids is 1. The van der Waals surface area contributed by atoms with Gasteiger partial charge in [0.05, 0.1) is 10.0 Å². The van der Waals surface area contributed by atoms with Crippen molar-refractivity contribution in [3.63, 3.8) is 0 Å². The van der Waals surface area contributed by atoms with Crippen LogP contribution in [0.5, 0.6) is 5.75 Å². The van der Waals surface area contributed by atoms with Gasteiger partial charge >= 0.3 is 15.5 Å².